The molecule has 2 aromatic rings. The first kappa shape index (κ1) is 20.4. The van der Waals surface area contributed by atoms with Crippen LogP contribution in [0.25, 0.3) is 0 Å². The second kappa shape index (κ2) is 9.69. The molecule has 5 heteroatoms. The molecule has 0 unspecified atom stereocenters. The van der Waals surface area contributed by atoms with E-state index in [0.717, 1.165) is 11.3 Å². The number of nitrogens with zero attached hydrogens (tertiary/aromatic N) is 1. The maximum absolute atomic E-state index is 12.5. The van der Waals surface area contributed by atoms with E-state index in [4.69, 9.17) is 4.74 Å². The van der Waals surface area contributed by atoms with Gasteiger partial charge in [0.2, 0.25) is 5.91 Å². The third-order valence-corrected chi connectivity index (χ3v) is 4.32. The maximum Gasteiger partial charge on any atom is 0.241 e. The lowest BCUT2D eigenvalue weighted by molar-refractivity contribution is -0.120. The number of likely N-dealkylation sites (N-methyl/N-ethyl adjacent to an activating group) is 1. The van der Waals surface area contributed by atoms with Crippen LogP contribution in [0.5, 0.6) is 5.75 Å². The number of hydrogen-bond donors (Lipinski definition) is 1. The molecule has 0 aliphatic rings. The SMILES string of the molecule is C=CCOc1ccc(CN(C)[C@@H](C)C(=O)Nc2ccc(C(C)=O)cc2)cc1. The van der Waals surface area contributed by atoms with Crippen molar-refractivity contribution in [3.63, 3.8) is 0 Å². The van der Waals surface area contributed by atoms with Gasteiger partial charge in [0.05, 0.1) is 6.04 Å². The van der Waals surface area contributed by atoms with Crippen LogP contribution < -0.4 is 10.1 Å². The Morgan fingerprint density at radius 2 is 1.78 bits per heavy atom. The van der Waals surface area contributed by atoms with Gasteiger partial charge in [0.15, 0.2) is 5.78 Å². The summed E-state index contributed by atoms with van der Waals surface area (Å²) in [6.07, 6.45) is 1.70. The maximum atomic E-state index is 12.5. The van der Waals surface area contributed by atoms with Gasteiger partial charge in [-0.15, -0.1) is 0 Å². The van der Waals surface area contributed by atoms with E-state index in [-0.39, 0.29) is 17.7 Å². The van der Waals surface area contributed by atoms with Crippen LogP contribution >= 0.6 is 0 Å². The van der Waals surface area contributed by atoms with Crippen LogP contribution in [-0.4, -0.2) is 36.3 Å². The number of rotatable bonds is 9. The summed E-state index contributed by atoms with van der Waals surface area (Å²) in [5, 5.41) is 2.89. The highest BCUT2D eigenvalue weighted by Crippen LogP contribution is 2.15. The van der Waals surface area contributed by atoms with Gasteiger partial charge in [-0.25, -0.2) is 0 Å². The lowest BCUT2D eigenvalue weighted by Gasteiger charge is -2.24. The van der Waals surface area contributed by atoms with Crippen LogP contribution in [0.4, 0.5) is 5.69 Å². The Morgan fingerprint density at radius 3 is 2.33 bits per heavy atom. The van der Waals surface area contributed by atoms with Crippen molar-refractivity contribution in [2.45, 2.75) is 26.4 Å². The van der Waals surface area contributed by atoms with Gasteiger partial charge in [0.1, 0.15) is 12.4 Å². The molecule has 1 atom stereocenters. The first-order chi connectivity index (χ1) is 12.9. The fourth-order valence-electron chi connectivity index (χ4n) is 2.51. The van der Waals surface area contributed by atoms with Crippen molar-refractivity contribution in [1.82, 2.24) is 4.90 Å². The molecule has 142 valence electrons. The predicted molar refractivity (Wildman–Crippen MR) is 108 cm³/mol. The van der Waals surface area contributed by atoms with Crippen LogP contribution in [0.1, 0.15) is 29.8 Å². The van der Waals surface area contributed by atoms with E-state index in [0.29, 0.717) is 24.4 Å². The lowest BCUT2D eigenvalue weighted by Crippen LogP contribution is -2.39. The second-order valence-electron chi connectivity index (χ2n) is 6.46. The number of hydrogen-bond acceptors (Lipinski definition) is 4. The normalized spacial score (nSPS) is 11.7. The molecule has 0 radical (unpaired) electrons. The van der Waals surface area contributed by atoms with Crippen LogP contribution in [0, 0.1) is 0 Å². The molecule has 5 nitrogen and oxygen atoms in total. The van der Waals surface area contributed by atoms with Crippen molar-refractivity contribution in [2.24, 2.45) is 0 Å². The third kappa shape index (κ3) is 6.08. The van der Waals surface area contributed by atoms with Gasteiger partial charge in [-0.2, -0.15) is 0 Å². The van der Waals surface area contributed by atoms with Crippen molar-refractivity contribution in [3.8, 4) is 5.75 Å². The zero-order chi connectivity index (χ0) is 19.8. The molecule has 0 saturated carbocycles. The molecule has 0 aliphatic carbocycles. The Kier molecular flexibility index (Phi) is 7.32. The molecule has 2 rings (SSSR count). The molecule has 27 heavy (non-hydrogen) atoms. The zero-order valence-corrected chi connectivity index (χ0v) is 16.1. The van der Waals surface area contributed by atoms with Gasteiger partial charge < -0.3 is 10.1 Å². The number of Topliss-reactive ketones (excluding diaryl/α,β-unsaturated/α-hetero) is 1. The fourth-order valence-corrected chi connectivity index (χ4v) is 2.51. The van der Waals surface area contributed by atoms with E-state index in [1.54, 1.807) is 30.3 Å². The minimum atomic E-state index is -0.311. The summed E-state index contributed by atoms with van der Waals surface area (Å²) in [4.78, 5) is 25.8. The molecular formula is C22H26N2O3. The number of carbonyl (C=O) groups is 2. The number of ether oxygens (including phenoxy) is 1. The molecule has 0 saturated heterocycles. The van der Waals surface area contributed by atoms with Crippen molar-refractivity contribution in [2.75, 3.05) is 19.0 Å². The fraction of sp³-hybridized carbons (Fsp3) is 0.273. The number of amides is 1. The summed E-state index contributed by atoms with van der Waals surface area (Å²) in [5.41, 5.74) is 2.39. The second-order valence-corrected chi connectivity index (χ2v) is 6.46. The molecule has 0 fully saturated rings. The third-order valence-electron chi connectivity index (χ3n) is 4.32. The van der Waals surface area contributed by atoms with Gasteiger partial charge in [0, 0.05) is 17.8 Å². The minimum absolute atomic E-state index is 0.00175. The number of benzene rings is 2. The molecular weight excluding hydrogens is 340 g/mol. The Labute approximate surface area is 160 Å². The number of carbonyl (C=O) groups excluding carboxylic acids is 2. The average Bonchev–Trinajstić information content (AvgIpc) is 2.67. The first-order valence-corrected chi connectivity index (χ1v) is 8.85. The summed E-state index contributed by atoms with van der Waals surface area (Å²) in [5.74, 6) is 0.696. The van der Waals surface area contributed by atoms with Crippen molar-refractivity contribution in [1.29, 1.82) is 0 Å². The standard InChI is InChI=1S/C22H26N2O3/c1-5-14-27-21-12-6-18(7-13-21)15-24(4)16(2)22(26)23-20-10-8-19(9-11-20)17(3)25/h5-13,16H,1,14-15H2,2-4H3,(H,23,26)/t16-/m0/s1. The summed E-state index contributed by atoms with van der Waals surface area (Å²) >= 11 is 0. The monoisotopic (exact) mass is 366 g/mol. The molecule has 2 aromatic carbocycles. The molecule has 0 spiro atoms. The van der Waals surface area contributed by atoms with Gasteiger partial charge in [-0.1, -0.05) is 24.8 Å². The summed E-state index contributed by atoms with van der Waals surface area (Å²) in [7, 11) is 1.91. The first-order valence-electron chi connectivity index (χ1n) is 8.85. The molecule has 0 bridgehead atoms. The number of nitrogens with one attached hydrogen (secondary N) is 1. The molecule has 1 N–H and O–H groups in total. The highest BCUT2D eigenvalue weighted by molar-refractivity contribution is 5.96. The van der Waals surface area contributed by atoms with Crippen molar-refractivity contribution < 1.29 is 14.3 Å². The average molecular weight is 366 g/mol. The van der Waals surface area contributed by atoms with Gasteiger partial charge in [0.25, 0.3) is 0 Å². The van der Waals surface area contributed by atoms with E-state index < -0.39 is 0 Å². The van der Waals surface area contributed by atoms with E-state index in [1.165, 1.54) is 6.92 Å². The summed E-state index contributed by atoms with van der Waals surface area (Å²) < 4.78 is 5.47. The van der Waals surface area contributed by atoms with E-state index in [2.05, 4.69) is 11.9 Å². The van der Waals surface area contributed by atoms with Crippen LogP contribution in [0.15, 0.2) is 61.2 Å². The van der Waals surface area contributed by atoms with E-state index in [9.17, 15) is 9.59 Å². The van der Waals surface area contributed by atoms with Gasteiger partial charge >= 0.3 is 0 Å². The van der Waals surface area contributed by atoms with Crippen LogP contribution in [0.2, 0.25) is 0 Å². The Bertz CT molecular complexity index is 782. The molecule has 0 heterocycles. The zero-order valence-electron chi connectivity index (χ0n) is 16.1. The largest absolute Gasteiger partial charge is 0.490 e. The van der Waals surface area contributed by atoms with Crippen molar-refractivity contribution in [3.05, 3.63) is 72.3 Å². The Morgan fingerprint density at radius 1 is 1.15 bits per heavy atom. The van der Waals surface area contributed by atoms with E-state index >= 15 is 0 Å². The predicted octanol–water partition coefficient (Wildman–Crippen LogP) is 3.91. The lowest BCUT2D eigenvalue weighted by atomic mass is 10.1. The topological polar surface area (TPSA) is 58.6 Å². The van der Waals surface area contributed by atoms with Crippen LogP contribution in [0.3, 0.4) is 0 Å². The Hall–Kier alpha value is -2.92. The van der Waals surface area contributed by atoms with E-state index in [1.807, 2.05) is 43.1 Å². The number of anilines is 1. The molecule has 0 aliphatic heterocycles. The summed E-state index contributed by atoms with van der Waals surface area (Å²) in [6, 6.07) is 14.4. The van der Waals surface area contributed by atoms with Crippen LogP contribution in [-0.2, 0) is 11.3 Å². The number of ketones is 1. The minimum Gasteiger partial charge on any atom is -0.490 e. The quantitative estimate of drug-likeness (QED) is 0.540. The highest BCUT2D eigenvalue weighted by Gasteiger charge is 2.18. The highest BCUT2D eigenvalue weighted by atomic mass is 16.5. The van der Waals surface area contributed by atoms with Gasteiger partial charge in [-0.05, 0) is 62.9 Å². The summed E-state index contributed by atoms with van der Waals surface area (Å²) in [6.45, 7) is 8.12. The molecule has 1 amide bonds. The molecule has 0 aromatic heterocycles. The smallest absolute Gasteiger partial charge is 0.241 e. The van der Waals surface area contributed by atoms with Crippen molar-refractivity contribution >= 4 is 17.4 Å². The Balaban J connectivity index is 1.91. The van der Waals surface area contributed by atoms with Gasteiger partial charge in [-0.3, -0.25) is 14.5 Å².